The van der Waals surface area contributed by atoms with E-state index in [0.717, 1.165) is 36.5 Å². The van der Waals surface area contributed by atoms with Crippen molar-refractivity contribution in [3.8, 4) is 5.75 Å². The number of hydrogen-bond donors (Lipinski definition) is 4. The van der Waals surface area contributed by atoms with Crippen LogP contribution in [-0.4, -0.2) is 50.0 Å². The van der Waals surface area contributed by atoms with E-state index >= 15 is 0 Å². The third kappa shape index (κ3) is 8.43. The first kappa shape index (κ1) is 27.9. The van der Waals surface area contributed by atoms with Crippen LogP contribution in [0.25, 0.3) is 6.08 Å². The first-order chi connectivity index (χ1) is 19.0. The van der Waals surface area contributed by atoms with Gasteiger partial charge in [0.2, 0.25) is 11.8 Å². The number of benzene rings is 3. The number of methoxy groups -OCH3 is 1. The molecule has 1 aliphatic rings. The number of amides is 2. The molecule has 1 unspecified atom stereocenters. The van der Waals surface area contributed by atoms with Gasteiger partial charge in [0.25, 0.3) is 0 Å². The Balaban J connectivity index is 1.41. The number of nitrogens with zero attached hydrogens (tertiary/aromatic N) is 1. The van der Waals surface area contributed by atoms with Crippen molar-refractivity contribution in [2.45, 2.75) is 25.3 Å². The van der Waals surface area contributed by atoms with E-state index in [4.69, 9.17) is 10.5 Å². The lowest BCUT2D eigenvalue weighted by Gasteiger charge is -2.27. The number of carbonyl (C=O) groups excluding carboxylic acids is 2. The summed E-state index contributed by atoms with van der Waals surface area (Å²) in [7, 11) is 1.61. The lowest BCUT2D eigenvalue weighted by Crippen LogP contribution is -2.40. The van der Waals surface area contributed by atoms with E-state index in [1.807, 2.05) is 60.7 Å². The number of nitrogens with one attached hydrogen (secondary N) is 3. The van der Waals surface area contributed by atoms with Crippen LogP contribution in [-0.2, 0) is 9.59 Å². The zero-order chi connectivity index (χ0) is 27.5. The summed E-state index contributed by atoms with van der Waals surface area (Å²) in [5.41, 5.74) is 9.37. The first-order valence-electron chi connectivity index (χ1n) is 13.4. The highest BCUT2D eigenvalue weighted by Gasteiger charge is 2.21. The van der Waals surface area contributed by atoms with E-state index in [0.29, 0.717) is 23.6 Å². The highest BCUT2D eigenvalue weighted by Crippen LogP contribution is 2.21. The van der Waals surface area contributed by atoms with E-state index in [1.165, 1.54) is 25.3 Å². The van der Waals surface area contributed by atoms with E-state index in [-0.39, 0.29) is 11.8 Å². The molecule has 0 bridgehead atoms. The fraction of sp³-hybridized carbons (Fsp3) is 0.290. The van der Waals surface area contributed by atoms with Crippen LogP contribution in [0.5, 0.6) is 5.75 Å². The molecule has 204 valence electrons. The molecule has 1 atom stereocenters. The quantitative estimate of drug-likeness (QED) is 0.213. The van der Waals surface area contributed by atoms with Crippen molar-refractivity contribution in [3.63, 3.8) is 0 Å². The third-order valence-corrected chi connectivity index (χ3v) is 6.76. The summed E-state index contributed by atoms with van der Waals surface area (Å²) < 4.78 is 5.22. The molecular formula is C31H37N5O3. The van der Waals surface area contributed by atoms with Crippen LogP contribution in [0.3, 0.4) is 0 Å². The van der Waals surface area contributed by atoms with Gasteiger partial charge >= 0.3 is 0 Å². The minimum Gasteiger partial charge on any atom is -0.497 e. The summed E-state index contributed by atoms with van der Waals surface area (Å²) in [4.78, 5) is 28.1. The van der Waals surface area contributed by atoms with Crippen LogP contribution >= 0.6 is 0 Å². The molecule has 3 aromatic carbocycles. The predicted octanol–water partition coefficient (Wildman–Crippen LogP) is 4.68. The smallest absolute Gasteiger partial charge is 0.248 e. The van der Waals surface area contributed by atoms with E-state index in [1.54, 1.807) is 25.3 Å². The Kier molecular flexibility index (Phi) is 10.1. The molecule has 1 fully saturated rings. The number of rotatable bonds is 11. The normalized spacial score (nSPS) is 14.6. The highest BCUT2D eigenvalue weighted by molar-refractivity contribution is 6.03. The number of hydrogen-bond acceptors (Lipinski definition) is 6. The van der Waals surface area contributed by atoms with Gasteiger partial charge in [-0.3, -0.25) is 9.59 Å². The third-order valence-electron chi connectivity index (χ3n) is 6.76. The predicted molar refractivity (Wildman–Crippen MR) is 158 cm³/mol. The zero-order valence-corrected chi connectivity index (χ0v) is 22.4. The molecule has 2 amide bonds. The Morgan fingerprint density at radius 3 is 2.36 bits per heavy atom. The molecule has 0 radical (unpaired) electrons. The average Bonchev–Trinajstić information content (AvgIpc) is 2.97. The summed E-state index contributed by atoms with van der Waals surface area (Å²) in [6, 6.07) is 21.5. The molecule has 1 saturated heterocycles. The molecule has 1 aliphatic heterocycles. The Labute approximate surface area is 230 Å². The summed E-state index contributed by atoms with van der Waals surface area (Å²) in [6.07, 6.45) is 6.94. The van der Waals surface area contributed by atoms with Gasteiger partial charge in [0, 0.05) is 24.9 Å². The van der Waals surface area contributed by atoms with E-state index in [9.17, 15) is 9.59 Å². The second kappa shape index (κ2) is 14.1. The number of likely N-dealkylation sites (tertiary alicyclic amines) is 1. The summed E-state index contributed by atoms with van der Waals surface area (Å²) in [5.74, 6) is 0.323. The van der Waals surface area contributed by atoms with Crippen molar-refractivity contribution >= 4 is 35.0 Å². The molecule has 4 rings (SSSR count). The second-order valence-electron chi connectivity index (χ2n) is 9.58. The number of ether oxygens (including phenoxy) is 1. The lowest BCUT2D eigenvalue weighted by molar-refractivity contribution is -0.118. The van der Waals surface area contributed by atoms with Gasteiger partial charge in [-0.15, -0.1) is 0 Å². The molecule has 8 heteroatoms. The minimum absolute atomic E-state index is 0.137. The average molecular weight is 528 g/mol. The van der Waals surface area contributed by atoms with Crippen LogP contribution in [0.15, 0.2) is 78.9 Å². The molecule has 0 saturated carbocycles. The molecule has 1 heterocycles. The molecule has 3 aromatic rings. The van der Waals surface area contributed by atoms with Gasteiger partial charge in [-0.2, -0.15) is 0 Å². The Morgan fingerprint density at radius 2 is 1.67 bits per heavy atom. The van der Waals surface area contributed by atoms with Crippen molar-refractivity contribution in [1.29, 1.82) is 0 Å². The summed E-state index contributed by atoms with van der Waals surface area (Å²) in [6.45, 7) is 3.81. The Hall–Kier alpha value is -4.14. The van der Waals surface area contributed by atoms with Gasteiger partial charge in [0.15, 0.2) is 0 Å². The van der Waals surface area contributed by atoms with Crippen LogP contribution < -0.4 is 26.4 Å². The Bertz CT molecular complexity index is 1250. The van der Waals surface area contributed by atoms with Gasteiger partial charge in [-0.25, -0.2) is 0 Å². The summed E-state index contributed by atoms with van der Waals surface area (Å²) >= 11 is 0. The second-order valence-corrected chi connectivity index (χ2v) is 9.58. The molecule has 0 spiro atoms. The Morgan fingerprint density at radius 1 is 0.949 bits per heavy atom. The maximum absolute atomic E-state index is 13.4. The van der Waals surface area contributed by atoms with Crippen LogP contribution in [0, 0.1) is 0 Å². The number of para-hydroxylation sites is 2. The van der Waals surface area contributed by atoms with Gasteiger partial charge in [0.05, 0.1) is 18.5 Å². The van der Waals surface area contributed by atoms with Gasteiger partial charge in [-0.05, 0) is 79.5 Å². The SMILES string of the molecule is COc1ccc(NC(=O)C(NCCN2CCCCC2)c2ccc(/C=C/C(=O)Nc3ccccc3N)cc2)cc1. The molecule has 5 N–H and O–H groups in total. The van der Waals surface area contributed by atoms with Crippen molar-refractivity contribution in [3.05, 3.63) is 90.0 Å². The molecule has 0 aromatic heterocycles. The molecule has 0 aliphatic carbocycles. The van der Waals surface area contributed by atoms with Crippen molar-refractivity contribution in [2.75, 3.05) is 49.7 Å². The number of piperidine rings is 1. The summed E-state index contributed by atoms with van der Waals surface area (Å²) in [5, 5.41) is 9.25. The maximum atomic E-state index is 13.4. The fourth-order valence-electron chi connectivity index (χ4n) is 4.56. The van der Waals surface area contributed by atoms with Gasteiger partial charge < -0.3 is 31.3 Å². The van der Waals surface area contributed by atoms with Crippen LogP contribution in [0.1, 0.15) is 36.4 Å². The van der Waals surface area contributed by atoms with E-state index in [2.05, 4.69) is 20.9 Å². The number of nitrogens with two attached hydrogens (primary N) is 1. The van der Waals surface area contributed by atoms with Gasteiger partial charge in [-0.1, -0.05) is 42.8 Å². The van der Waals surface area contributed by atoms with Gasteiger partial charge in [0.1, 0.15) is 11.8 Å². The van der Waals surface area contributed by atoms with Crippen molar-refractivity contribution < 1.29 is 14.3 Å². The standard InChI is InChI=1S/C31H37N5O3/c1-39-26-16-14-25(15-17-26)34-31(38)30(33-19-22-36-20-5-2-6-21-36)24-12-9-23(10-13-24)11-18-29(37)35-28-8-4-3-7-27(28)32/h3-4,7-18,30,33H,2,5-6,19-22,32H2,1H3,(H,34,38)(H,35,37)/b18-11+. The van der Waals surface area contributed by atoms with Crippen LogP contribution in [0.4, 0.5) is 17.1 Å². The maximum Gasteiger partial charge on any atom is 0.248 e. The fourth-order valence-corrected chi connectivity index (χ4v) is 4.56. The molecule has 8 nitrogen and oxygen atoms in total. The number of anilines is 3. The van der Waals surface area contributed by atoms with Crippen molar-refractivity contribution in [1.82, 2.24) is 10.2 Å². The topological polar surface area (TPSA) is 109 Å². The van der Waals surface area contributed by atoms with E-state index < -0.39 is 6.04 Å². The van der Waals surface area contributed by atoms with Crippen LogP contribution in [0.2, 0.25) is 0 Å². The minimum atomic E-state index is -0.528. The van der Waals surface area contributed by atoms with Crippen molar-refractivity contribution in [2.24, 2.45) is 0 Å². The highest BCUT2D eigenvalue weighted by atomic mass is 16.5. The molecule has 39 heavy (non-hydrogen) atoms. The molecular weight excluding hydrogens is 490 g/mol. The largest absolute Gasteiger partial charge is 0.497 e. The lowest BCUT2D eigenvalue weighted by atomic mass is 10.0. The first-order valence-corrected chi connectivity index (χ1v) is 13.4. The number of carbonyl (C=O) groups is 2. The zero-order valence-electron chi connectivity index (χ0n) is 22.4. The monoisotopic (exact) mass is 527 g/mol. The number of nitrogen functional groups attached to an aromatic ring is 1.